The Hall–Kier alpha value is -6.12. The summed E-state index contributed by atoms with van der Waals surface area (Å²) >= 11 is 0. The molecule has 216 valence electrons. The Morgan fingerprint density at radius 3 is 1.74 bits per heavy atom. The third kappa shape index (κ3) is 4.27. The van der Waals surface area contributed by atoms with Gasteiger partial charge in [-0.2, -0.15) is 0 Å². The largest absolute Gasteiger partial charge is 0.310 e. The van der Waals surface area contributed by atoms with E-state index in [4.69, 9.17) is 0 Å². The number of benzene rings is 8. The van der Waals surface area contributed by atoms with Crippen molar-refractivity contribution >= 4 is 60.4 Å². The molecule has 0 fully saturated rings. The number of hydrogen-bond acceptors (Lipinski definition) is 1. The van der Waals surface area contributed by atoms with Crippen molar-refractivity contribution in [1.82, 2.24) is 4.57 Å². The zero-order chi connectivity index (χ0) is 30.5. The number of rotatable bonds is 5. The number of fused-ring (bicyclic) bond motifs is 5. The Kier molecular flexibility index (Phi) is 6.17. The highest BCUT2D eigenvalue weighted by atomic mass is 15.1. The third-order valence-electron chi connectivity index (χ3n) is 9.11. The molecule has 0 N–H and O–H groups in total. The van der Waals surface area contributed by atoms with Crippen molar-refractivity contribution in [3.05, 3.63) is 182 Å². The van der Waals surface area contributed by atoms with Gasteiger partial charge in [0.25, 0.3) is 0 Å². The molecule has 0 unspecified atom stereocenters. The van der Waals surface area contributed by atoms with Gasteiger partial charge in [-0.3, -0.25) is 0 Å². The topological polar surface area (TPSA) is 8.17 Å². The second-order valence-electron chi connectivity index (χ2n) is 11.8. The summed E-state index contributed by atoms with van der Waals surface area (Å²) in [5, 5.41) is 7.46. The maximum atomic E-state index is 2.38. The summed E-state index contributed by atoms with van der Waals surface area (Å²) in [6.45, 7) is 0. The van der Waals surface area contributed by atoms with Gasteiger partial charge in [-0.1, -0.05) is 115 Å². The molecular weight excluding hydrogens is 556 g/mol. The van der Waals surface area contributed by atoms with Crippen LogP contribution in [0.2, 0.25) is 0 Å². The second kappa shape index (κ2) is 10.8. The van der Waals surface area contributed by atoms with Crippen LogP contribution in [0.5, 0.6) is 0 Å². The van der Waals surface area contributed by atoms with Crippen molar-refractivity contribution < 1.29 is 0 Å². The van der Waals surface area contributed by atoms with E-state index in [2.05, 4.69) is 191 Å². The molecule has 0 bridgehead atoms. The molecule has 0 saturated heterocycles. The van der Waals surface area contributed by atoms with E-state index in [1.165, 1.54) is 54.5 Å². The Balaban J connectivity index is 1.28. The highest BCUT2D eigenvalue weighted by Gasteiger charge is 2.18. The van der Waals surface area contributed by atoms with Crippen molar-refractivity contribution in [3.8, 4) is 16.8 Å². The molecule has 2 nitrogen and oxygen atoms in total. The van der Waals surface area contributed by atoms with Gasteiger partial charge in [-0.05, 0) is 99.4 Å². The molecule has 0 atom stereocenters. The first kappa shape index (κ1) is 26.3. The van der Waals surface area contributed by atoms with Crippen LogP contribution in [0.25, 0.3) is 60.2 Å². The summed E-state index contributed by atoms with van der Waals surface area (Å²) in [6.07, 6.45) is 0. The molecule has 1 heterocycles. The first-order chi connectivity index (χ1) is 22.8. The van der Waals surface area contributed by atoms with Crippen LogP contribution in [0.1, 0.15) is 0 Å². The molecule has 0 amide bonds. The van der Waals surface area contributed by atoms with Gasteiger partial charge >= 0.3 is 0 Å². The number of aromatic nitrogens is 1. The van der Waals surface area contributed by atoms with Crippen molar-refractivity contribution in [2.24, 2.45) is 0 Å². The van der Waals surface area contributed by atoms with Gasteiger partial charge in [0, 0.05) is 33.5 Å². The lowest BCUT2D eigenvalue weighted by Crippen LogP contribution is -2.09. The summed E-state index contributed by atoms with van der Waals surface area (Å²) in [4.78, 5) is 2.38. The van der Waals surface area contributed by atoms with E-state index in [9.17, 15) is 0 Å². The van der Waals surface area contributed by atoms with E-state index in [0.717, 1.165) is 22.7 Å². The number of anilines is 3. The van der Waals surface area contributed by atoms with Gasteiger partial charge in [0.05, 0.1) is 11.0 Å². The van der Waals surface area contributed by atoms with E-state index in [1.807, 2.05) is 0 Å². The predicted octanol–water partition coefficient (Wildman–Crippen LogP) is 12.2. The number of hydrogen-bond donors (Lipinski definition) is 0. The molecule has 9 aromatic rings. The summed E-state index contributed by atoms with van der Waals surface area (Å²) < 4.78 is 2.37. The molecule has 8 aromatic carbocycles. The molecule has 0 aliphatic carbocycles. The minimum Gasteiger partial charge on any atom is -0.310 e. The van der Waals surface area contributed by atoms with E-state index < -0.39 is 0 Å². The monoisotopic (exact) mass is 586 g/mol. The quantitative estimate of drug-likeness (QED) is 0.182. The zero-order valence-corrected chi connectivity index (χ0v) is 25.2. The molecule has 0 saturated carbocycles. The van der Waals surface area contributed by atoms with Gasteiger partial charge in [0.2, 0.25) is 0 Å². The molecule has 2 heteroatoms. The van der Waals surface area contributed by atoms with E-state index in [-0.39, 0.29) is 0 Å². The highest BCUT2D eigenvalue weighted by molar-refractivity contribution is 6.14. The Labute approximate surface area is 268 Å². The first-order valence-corrected chi connectivity index (χ1v) is 15.8. The zero-order valence-electron chi connectivity index (χ0n) is 25.2. The first-order valence-electron chi connectivity index (χ1n) is 15.8. The smallest absolute Gasteiger partial charge is 0.0542 e. The summed E-state index contributed by atoms with van der Waals surface area (Å²) in [5.74, 6) is 0. The summed E-state index contributed by atoms with van der Waals surface area (Å²) in [7, 11) is 0. The van der Waals surface area contributed by atoms with Crippen molar-refractivity contribution in [2.75, 3.05) is 4.90 Å². The van der Waals surface area contributed by atoms with Gasteiger partial charge in [-0.15, -0.1) is 0 Å². The average molecular weight is 587 g/mol. The van der Waals surface area contributed by atoms with Crippen LogP contribution in [-0.2, 0) is 0 Å². The summed E-state index contributed by atoms with van der Waals surface area (Å²) in [5.41, 5.74) is 9.45. The minimum atomic E-state index is 1.12. The van der Waals surface area contributed by atoms with Crippen molar-refractivity contribution in [3.63, 3.8) is 0 Å². The average Bonchev–Trinajstić information content (AvgIpc) is 3.45. The lowest BCUT2D eigenvalue weighted by molar-refractivity contribution is 1.18. The van der Waals surface area contributed by atoms with Crippen LogP contribution in [-0.4, -0.2) is 4.57 Å². The van der Waals surface area contributed by atoms with Crippen LogP contribution >= 0.6 is 0 Å². The van der Waals surface area contributed by atoms with E-state index >= 15 is 0 Å². The van der Waals surface area contributed by atoms with Gasteiger partial charge in [-0.25, -0.2) is 0 Å². The van der Waals surface area contributed by atoms with Gasteiger partial charge < -0.3 is 9.47 Å². The number of para-hydroxylation sites is 3. The van der Waals surface area contributed by atoms with E-state index in [0.29, 0.717) is 0 Å². The lowest BCUT2D eigenvalue weighted by Gasteiger charge is -2.26. The fourth-order valence-electron chi connectivity index (χ4n) is 7.09. The predicted molar refractivity (Wildman–Crippen MR) is 196 cm³/mol. The molecule has 9 rings (SSSR count). The van der Waals surface area contributed by atoms with Crippen molar-refractivity contribution in [1.29, 1.82) is 0 Å². The molecule has 0 aliphatic rings. The molecular formula is C44H30N2. The van der Waals surface area contributed by atoms with Crippen LogP contribution in [0.4, 0.5) is 17.1 Å². The fraction of sp³-hybridized carbons (Fsp3) is 0. The summed E-state index contributed by atoms with van der Waals surface area (Å²) in [6, 6.07) is 65.7. The molecule has 46 heavy (non-hydrogen) atoms. The normalized spacial score (nSPS) is 11.5. The molecule has 0 spiro atoms. The standard InChI is InChI=1S/C44H30N2/c1-4-14-31(15-5-1)44-38-21-11-10-16-32(38)28-33-29-36(24-26-39(33)44)45(34-17-6-2-7-18-34)37-25-27-43-41(30-37)40-22-12-13-23-42(40)46(43)35-19-8-3-9-20-35/h1-30H. The SMILES string of the molecule is c1ccc(-c2c3ccccc3cc3cc(N(c4ccccc4)c4ccc5c(c4)c4ccccc4n5-c4ccccc4)ccc23)cc1. The van der Waals surface area contributed by atoms with Crippen LogP contribution in [0.15, 0.2) is 182 Å². The second-order valence-corrected chi connectivity index (χ2v) is 11.8. The van der Waals surface area contributed by atoms with Gasteiger partial charge in [0.1, 0.15) is 0 Å². The maximum Gasteiger partial charge on any atom is 0.0542 e. The number of nitrogens with zero attached hydrogens (tertiary/aromatic N) is 2. The minimum absolute atomic E-state index is 1.12. The van der Waals surface area contributed by atoms with Crippen molar-refractivity contribution in [2.45, 2.75) is 0 Å². The Bertz CT molecular complexity index is 2510. The van der Waals surface area contributed by atoms with Crippen LogP contribution in [0, 0.1) is 0 Å². The fourth-order valence-corrected chi connectivity index (χ4v) is 7.09. The maximum absolute atomic E-state index is 2.38. The van der Waals surface area contributed by atoms with Gasteiger partial charge in [0.15, 0.2) is 0 Å². The highest BCUT2D eigenvalue weighted by Crippen LogP contribution is 2.42. The van der Waals surface area contributed by atoms with Crippen LogP contribution in [0.3, 0.4) is 0 Å². The Morgan fingerprint density at radius 1 is 0.348 bits per heavy atom. The molecule has 0 radical (unpaired) electrons. The lowest BCUT2D eigenvalue weighted by atomic mass is 9.92. The third-order valence-corrected chi connectivity index (χ3v) is 9.11. The Morgan fingerprint density at radius 2 is 0.935 bits per heavy atom. The van der Waals surface area contributed by atoms with Crippen LogP contribution < -0.4 is 4.90 Å². The molecule has 1 aromatic heterocycles. The molecule has 0 aliphatic heterocycles. The van der Waals surface area contributed by atoms with E-state index in [1.54, 1.807) is 0 Å².